The van der Waals surface area contributed by atoms with Crippen molar-refractivity contribution in [2.45, 2.75) is 31.9 Å². The van der Waals surface area contributed by atoms with Gasteiger partial charge in [-0.25, -0.2) is 0 Å². The van der Waals surface area contributed by atoms with E-state index in [2.05, 4.69) is 17.6 Å². The lowest BCUT2D eigenvalue weighted by Gasteiger charge is -2.22. The van der Waals surface area contributed by atoms with Crippen molar-refractivity contribution in [2.24, 2.45) is 0 Å². The predicted octanol–water partition coefficient (Wildman–Crippen LogP) is 2.55. The molecular weight excluding hydrogens is 260 g/mol. The van der Waals surface area contributed by atoms with Crippen molar-refractivity contribution >= 4 is 23.0 Å². The minimum atomic E-state index is 0.206. The molecule has 0 aliphatic carbocycles. The summed E-state index contributed by atoms with van der Waals surface area (Å²) in [6.07, 6.45) is 2.46. The van der Waals surface area contributed by atoms with Gasteiger partial charge in [-0.3, -0.25) is 0 Å². The number of para-hydroxylation sites is 2. The maximum atomic E-state index is 5.64. The Balaban J connectivity index is 1.89. The number of ether oxygens (including phenoxy) is 2. The van der Waals surface area contributed by atoms with Gasteiger partial charge in [0.05, 0.1) is 24.9 Å². The highest BCUT2D eigenvalue weighted by Gasteiger charge is 2.22. The largest absolute Gasteiger partial charge is 0.495 e. The highest BCUT2D eigenvalue weighted by Crippen LogP contribution is 2.23. The molecule has 1 aromatic rings. The van der Waals surface area contributed by atoms with Crippen LogP contribution < -0.4 is 15.4 Å². The van der Waals surface area contributed by atoms with Gasteiger partial charge in [-0.05, 0) is 44.1 Å². The van der Waals surface area contributed by atoms with Gasteiger partial charge in [-0.1, -0.05) is 12.1 Å². The Morgan fingerprint density at radius 2 is 2.26 bits per heavy atom. The second-order valence-corrected chi connectivity index (χ2v) is 5.05. The molecule has 4 nitrogen and oxygen atoms in total. The van der Waals surface area contributed by atoms with Gasteiger partial charge in [-0.2, -0.15) is 0 Å². The van der Waals surface area contributed by atoms with Crippen LogP contribution in [0.5, 0.6) is 5.75 Å². The summed E-state index contributed by atoms with van der Waals surface area (Å²) in [6.45, 7) is 2.94. The number of nitrogens with one attached hydrogen (secondary N) is 2. The van der Waals surface area contributed by atoms with E-state index in [0.717, 1.165) is 30.9 Å². The van der Waals surface area contributed by atoms with E-state index >= 15 is 0 Å². The summed E-state index contributed by atoms with van der Waals surface area (Å²) in [6, 6.07) is 7.90. The Kier molecular flexibility index (Phi) is 4.99. The second kappa shape index (κ2) is 6.73. The first kappa shape index (κ1) is 14.1. The minimum absolute atomic E-state index is 0.206. The number of benzene rings is 1. The zero-order valence-electron chi connectivity index (χ0n) is 11.3. The molecule has 0 saturated carbocycles. The summed E-state index contributed by atoms with van der Waals surface area (Å²) in [7, 11) is 1.64. The Hall–Kier alpha value is -1.33. The molecule has 19 heavy (non-hydrogen) atoms. The first-order chi connectivity index (χ1) is 9.20. The van der Waals surface area contributed by atoms with E-state index in [9.17, 15) is 0 Å². The van der Waals surface area contributed by atoms with Crippen LogP contribution in [0.2, 0.25) is 0 Å². The number of hydrogen-bond acceptors (Lipinski definition) is 3. The van der Waals surface area contributed by atoms with E-state index in [4.69, 9.17) is 21.7 Å². The van der Waals surface area contributed by atoms with E-state index in [1.807, 2.05) is 24.3 Å². The van der Waals surface area contributed by atoms with Crippen LogP contribution >= 0.6 is 12.2 Å². The average molecular weight is 280 g/mol. The third kappa shape index (κ3) is 3.81. The molecule has 2 rings (SSSR count). The summed E-state index contributed by atoms with van der Waals surface area (Å²) < 4.78 is 10.9. The third-order valence-electron chi connectivity index (χ3n) is 3.24. The van der Waals surface area contributed by atoms with Crippen molar-refractivity contribution in [2.75, 3.05) is 19.0 Å². The van der Waals surface area contributed by atoms with Crippen LogP contribution in [0.4, 0.5) is 5.69 Å². The molecule has 0 amide bonds. The Labute approximate surface area is 119 Å². The molecule has 2 atom stereocenters. The zero-order chi connectivity index (χ0) is 13.7. The molecule has 1 aromatic carbocycles. The van der Waals surface area contributed by atoms with E-state index < -0.39 is 0 Å². The smallest absolute Gasteiger partial charge is 0.171 e. The number of rotatable bonds is 4. The highest BCUT2D eigenvalue weighted by molar-refractivity contribution is 7.80. The second-order valence-electron chi connectivity index (χ2n) is 4.64. The van der Waals surface area contributed by atoms with Crippen LogP contribution in [0.25, 0.3) is 0 Å². The van der Waals surface area contributed by atoms with Gasteiger partial charge in [0.2, 0.25) is 0 Å². The van der Waals surface area contributed by atoms with Crippen molar-refractivity contribution in [1.29, 1.82) is 0 Å². The van der Waals surface area contributed by atoms with Gasteiger partial charge >= 0.3 is 0 Å². The monoisotopic (exact) mass is 280 g/mol. The summed E-state index contributed by atoms with van der Waals surface area (Å²) in [5, 5.41) is 7.01. The molecule has 0 bridgehead atoms. The summed E-state index contributed by atoms with van der Waals surface area (Å²) >= 11 is 5.32. The topological polar surface area (TPSA) is 42.5 Å². The maximum absolute atomic E-state index is 5.64. The number of thiocarbonyl (C=S) groups is 1. The van der Waals surface area contributed by atoms with Gasteiger partial charge in [-0.15, -0.1) is 0 Å². The quantitative estimate of drug-likeness (QED) is 0.830. The van der Waals surface area contributed by atoms with Crippen LogP contribution in [0.15, 0.2) is 24.3 Å². The SMILES string of the molecule is COc1ccccc1NC(=S)N[C@@H](C)[C@H]1CCCO1. The maximum Gasteiger partial charge on any atom is 0.171 e. The summed E-state index contributed by atoms with van der Waals surface area (Å²) in [5.74, 6) is 0.774. The fraction of sp³-hybridized carbons (Fsp3) is 0.500. The van der Waals surface area contributed by atoms with Crippen molar-refractivity contribution in [3.05, 3.63) is 24.3 Å². The van der Waals surface area contributed by atoms with Crippen LogP contribution in [-0.2, 0) is 4.74 Å². The first-order valence-electron chi connectivity index (χ1n) is 6.53. The van der Waals surface area contributed by atoms with Gasteiger partial charge in [0.1, 0.15) is 5.75 Å². The lowest BCUT2D eigenvalue weighted by Crippen LogP contribution is -2.42. The average Bonchev–Trinajstić information content (AvgIpc) is 2.93. The molecule has 0 spiro atoms. The van der Waals surface area contributed by atoms with Gasteiger partial charge < -0.3 is 20.1 Å². The molecule has 0 unspecified atom stereocenters. The molecular formula is C14H20N2O2S. The fourth-order valence-corrected chi connectivity index (χ4v) is 2.50. The standard InChI is InChI=1S/C14H20N2O2S/c1-10(12-8-5-9-18-12)15-14(19)16-11-6-3-4-7-13(11)17-2/h3-4,6-7,10,12H,5,8-9H2,1-2H3,(H2,15,16,19)/t10-,12+/m0/s1. The summed E-state index contributed by atoms with van der Waals surface area (Å²) in [4.78, 5) is 0. The van der Waals surface area contributed by atoms with E-state index in [-0.39, 0.29) is 12.1 Å². The Morgan fingerprint density at radius 3 is 2.95 bits per heavy atom. The molecule has 1 aliphatic heterocycles. The van der Waals surface area contributed by atoms with Gasteiger partial charge in [0.15, 0.2) is 5.11 Å². The van der Waals surface area contributed by atoms with Gasteiger partial charge in [0.25, 0.3) is 0 Å². The molecule has 1 fully saturated rings. The van der Waals surface area contributed by atoms with Gasteiger partial charge in [0, 0.05) is 6.61 Å². The molecule has 2 N–H and O–H groups in total. The minimum Gasteiger partial charge on any atom is -0.495 e. The van der Waals surface area contributed by atoms with Crippen molar-refractivity contribution < 1.29 is 9.47 Å². The molecule has 5 heteroatoms. The zero-order valence-corrected chi connectivity index (χ0v) is 12.1. The normalized spacial score (nSPS) is 19.8. The lowest BCUT2D eigenvalue weighted by atomic mass is 10.1. The van der Waals surface area contributed by atoms with Crippen molar-refractivity contribution in [3.8, 4) is 5.75 Å². The van der Waals surface area contributed by atoms with E-state index in [1.54, 1.807) is 7.11 Å². The van der Waals surface area contributed by atoms with Crippen molar-refractivity contribution in [1.82, 2.24) is 5.32 Å². The molecule has 0 aromatic heterocycles. The Morgan fingerprint density at radius 1 is 1.47 bits per heavy atom. The Bertz CT molecular complexity index is 433. The van der Waals surface area contributed by atoms with E-state index in [0.29, 0.717) is 5.11 Å². The van der Waals surface area contributed by atoms with Crippen molar-refractivity contribution in [3.63, 3.8) is 0 Å². The predicted molar refractivity (Wildman–Crippen MR) is 80.8 cm³/mol. The fourth-order valence-electron chi connectivity index (χ4n) is 2.20. The summed E-state index contributed by atoms with van der Waals surface area (Å²) in [5.41, 5.74) is 0.863. The molecule has 0 radical (unpaired) electrons. The molecule has 104 valence electrons. The molecule has 1 heterocycles. The van der Waals surface area contributed by atoms with Crippen LogP contribution in [0.3, 0.4) is 0 Å². The molecule has 1 aliphatic rings. The third-order valence-corrected chi connectivity index (χ3v) is 3.46. The highest BCUT2D eigenvalue weighted by atomic mass is 32.1. The van der Waals surface area contributed by atoms with E-state index in [1.165, 1.54) is 0 Å². The number of hydrogen-bond donors (Lipinski definition) is 2. The molecule has 1 saturated heterocycles. The number of anilines is 1. The van der Waals surface area contributed by atoms with Crippen LogP contribution in [-0.4, -0.2) is 31.0 Å². The number of methoxy groups -OCH3 is 1. The van der Waals surface area contributed by atoms with Crippen LogP contribution in [0.1, 0.15) is 19.8 Å². The lowest BCUT2D eigenvalue weighted by molar-refractivity contribution is 0.0895. The first-order valence-corrected chi connectivity index (χ1v) is 6.93. The van der Waals surface area contributed by atoms with Crippen LogP contribution in [0, 0.1) is 0 Å².